The molecular formula is C10H8Br2FN3. The second-order valence-corrected chi connectivity index (χ2v) is 5.53. The minimum absolute atomic E-state index is 0.119. The molecular weight excluding hydrogens is 341 g/mol. The van der Waals surface area contributed by atoms with Gasteiger partial charge in [0.1, 0.15) is 5.82 Å². The van der Waals surface area contributed by atoms with Gasteiger partial charge in [-0.3, -0.25) is 0 Å². The van der Waals surface area contributed by atoms with E-state index in [1.54, 1.807) is 16.9 Å². The molecule has 0 amide bonds. The summed E-state index contributed by atoms with van der Waals surface area (Å²) in [7, 11) is 0. The summed E-state index contributed by atoms with van der Waals surface area (Å²) in [5.41, 5.74) is 1.43. The Bertz CT molecular complexity index is 511. The number of benzene rings is 1. The van der Waals surface area contributed by atoms with Gasteiger partial charge < -0.3 is 0 Å². The van der Waals surface area contributed by atoms with E-state index in [1.165, 1.54) is 12.1 Å². The largest absolute Gasteiger partial charge is 0.219 e. The van der Waals surface area contributed by atoms with Crippen LogP contribution in [0.25, 0.3) is 5.69 Å². The topological polar surface area (TPSA) is 30.7 Å². The molecule has 0 aliphatic heterocycles. The lowest BCUT2D eigenvalue weighted by Gasteiger charge is -2.03. The Balaban J connectivity index is 2.46. The predicted octanol–water partition coefficient (Wildman–Crippen LogP) is 3.62. The van der Waals surface area contributed by atoms with Crippen molar-refractivity contribution in [1.82, 2.24) is 15.0 Å². The highest BCUT2D eigenvalue weighted by Crippen LogP contribution is 2.24. The second-order valence-electron chi connectivity index (χ2n) is 3.30. The first-order chi connectivity index (χ1) is 7.58. The smallest absolute Gasteiger partial charge is 0.125 e. The van der Waals surface area contributed by atoms with E-state index < -0.39 is 0 Å². The molecule has 3 nitrogen and oxygen atoms in total. The van der Waals surface area contributed by atoms with Gasteiger partial charge in [-0.15, -0.1) is 5.10 Å². The summed E-state index contributed by atoms with van der Waals surface area (Å²) in [6.45, 7) is 1.95. The zero-order valence-corrected chi connectivity index (χ0v) is 11.5. The van der Waals surface area contributed by atoms with Crippen LogP contribution < -0.4 is 0 Å². The molecule has 0 aliphatic rings. The fourth-order valence-electron chi connectivity index (χ4n) is 1.24. The van der Waals surface area contributed by atoms with Gasteiger partial charge in [0.15, 0.2) is 0 Å². The fourth-order valence-corrected chi connectivity index (χ4v) is 1.88. The van der Waals surface area contributed by atoms with Gasteiger partial charge in [-0.25, -0.2) is 9.07 Å². The van der Waals surface area contributed by atoms with Gasteiger partial charge in [0.25, 0.3) is 0 Å². The SMILES string of the molecule is CC(Br)c1cn(-c2cc(F)ccc2Br)nn1. The lowest BCUT2D eigenvalue weighted by molar-refractivity contribution is 0.624. The van der Waals surface area contributed by atoms with Crippen molar-refractivity contribution < 1.29 is 4.39 Å². The van der Waals surface area contributed by atoms with Crippen molar-refractivity contribution in [3.63, 3.8) is 0 Å². The van der Waals surface area contributed by atoms with Crippen LogP contribution in [0.15, 0.2) is 28.9 Å². The van der Waals surface area contributed by atoms with Gasteiger partial charge >= 0.3 is 0 Å². The highest BCUT2D eigenvalue weighted by Gasteiger charge is 2.10. The molecule has 0 saturated carbocycles. The first-order valence-electron chi connectivity index (χ1n) is 4.59. The molecule has 1 unspecified atom stereocenters. The van der Waals surface area contributed by atoms with Crippen LogP contribution in [-0.2, 0) is 0 Å². The number of rotatable bonds is 2. The molecule has 0 saturated heterocycles. The predicted molar refractivity (Wildman–Crippen MR) is 66.4 cm³/mol. The molecule has 1 heterocycles. The van der Waals surface area contributed by atoms with E-state index in [2.05, 4.69) is 42.2 Å². The van der Waals surface area contributed by atoms with Crippen molar-refractivity contribution in [3.8, 4) is 5.69 Å². The third-order valence-electron chi connectivity index (χ3n) is 2.07. The number of aromatic nitrogens is 3. The summed E-state index contributed by atoms with van der Waals surface area (Å²) in [6, 6.07) is 4.43. The van der Waals surface area contributed by atoms with Crippen molar-refractivity contribution in [2.45, 2.75) is 11.8 Å². The molecule has 1 atom stereocenters. The molecule has 6 heteroatoms. The van der Waals surface area contributed by atoms with Crippen LogP contribution in [0.5, 0.6) is 0 Å². The van der Waals surface area contributed by atoms with Crippen LogP contribution >= 0.6 is 31.9 Å². The third-order valence-corrected chi connectivity index (χ3v) is 3.21. The quantitative estimate of drug-likeness (QED) is 0.776. The Morgan fingerprint density at radius 3 is 2.81 bits per heavy atom. The van der Waals surface area contributed by atoms with E-state index in [0.29, 0.717) is 5.69 Å². The summed E-state index contributed by atoms with van der Waals surface area (Å²) in [4.78, 5) is 0.119. The van der Waals surface area contributed by atoms with Crippen molar-refractivity contribution in [3.05, 3.63) is 40.4 Å². The van der Waals surface area contributed by atoms with Crippen LogP contribution in [0.2, 0.25) is 0 Å². The Hall–Kier alpha value is -0.750. The number of alkyl halides is 1. The number of hydrogen-bond acceptors (Lipinski definition) is 2. The lowest BCUT2D eigenvalue weighted by Crippen LogP contribution is -1.96. The van der Waals surface area contributed by atoms with Crippen LogP contribution in [-0.4, -0.2) is 15.0 Å². The monoisotopic (exact) mass is 347 g/mol. The van der Waals surface area contributed by atoms with E-state index >= 15 is 0 Å². The highest BCUT2D eigenvalue weighted by atomic mass is 79.9. The van der Waals surface area contributed by atoms with Gasteiger partial charge in [0.05, 0.1) is 22.4 Å². The number of nitrogens with zero attached hydrogens (tertiary/aromatic N) is 3. The van der Waals surface area contributed by atoms with Gasteiger partial charge in [0, 0.05) is 10.5 Å². The summed E-state index contributed by atoms with van der Waals surface area (Å²) < 4.78 is 15.4. The first-order valence-corrected chi connectivity index (χ1v) is 6.30. The molecule has 0 fully saturated rings. The van der Waals surface area contributed by atoms with Crippen molar-refractivity contribution in [2.75, 3.05) is 0 Å². The fraction of sp³-hybridized carbons (Fsp3) is 0.200. The Morgan fingerprint density at radius 2 is 2.19 bits per heavy atom. The zero-order valence-electron chi connectivity index (χ0n) is 8.36. The van der Waals surface area contributed by atoms with Crippen LogP contribution in [0.4, 0.5) is 4.39 Å². The highest BCUT2D eigenvalue weighted by molar-refractivity contribution is 9.10. The average molecular weight is 349 g/mol. The molecule has 0 radical (unpaired) electrons. The van der Waals surface area contributed by atoms with E-state index in [4.69, 9.17) is 0 Å². The minimum atomic E-state index is -0.304. The molecule has 0 spiro atoms. The molecule has 0 bridgehead atoms. The average Bonchev–Trinajstić information content (AvgIpc) is 2.70. The minimum Gasteiger partial charge on any atom is -0.219 e. The van der Waals surface area contributed by atoms with Crippen LogP contribution in [0.1, 0.15) is 17.4 Å². The molecule has 2 rings (SSSR count). The normalized spacial score (nSPS) is 12.8. The lowest BCUT2D eigenvalue weighted by atomic mass is 10.3. The molecule has 84 valence electrons. The Kier molecular flexibility index (Phi) is 3.39. The molecule has 0 N–H and O–H groups in total. The van der Waals surface area contributed by atoms with Gasteiger partial charge in [0.2, 0.25) is 0 Å². The second kappa shape index (κ2) is 4.63. The van der Waals surface area contributed by atoms with Crippen molar-refractivity contribution in [2.24, 2.45) is 0 Å². The molecule has 1 aromatic carbocycles. The Morgan fingerprint density at radius 1 is 1.44 bits per heavy atom. The summed E-state index contributed by atoms with van der Waals surface area (Å²) in [6.07, 6.45) is 1.76. The summed E-state index contributed by atoms with van der Waals surface area (Å²) >= 11 is 6.75. The van der Waals surface area contributed by atoms with Crippen LogP contribution in [0, 0.1) is 5.82 Å². The maximum atomic E-state index is 13.1. The molecule has 0 aliphatic carbocycles. The van der Waals surface area contributed by atoms with E-state index in [0.717, 1.165) is 10.2 Å². The summed E-state index contributed by atoms with van der Waals surface area (Å²) in [5, 5.41) is 7.94. The van der Waals surface area contributed by atoms with Crippen molar-refractivity contribution in [1.29, 1.82) is 0 Å². The van der Waals surface area contributed by atoms with E-state index in [1.807, 2.05) is 6.92 Å². The van der Waals surface area contributed by atoms with Gasteiger partial charge in [-0.1, -0.05) is 21.1 Å². The zero-order chi connectivity index (χ0) is 11.7. The van der Waals surface area contributed by atoms with E-state index in [9.17, 15) is 4.39 Å². The first kappa shape index (κ1) is 11.7. The van der Waals surface area contributed by atoms with Crippen LogP contribution in [0.3, 0.4) is 0 Å². The maximum absolute atomic E-state index is 13.1. The third kappa shape index (κ3) is 2.32. The van der Waals surface area contributed by atoms with Gasteiger partial charge in [-0.05, 0) is 35.0 Å². The number of hydrogen-bond donors (Lipinski definition) is 0. The van der Waals surface area contributed by atoms with Gasteiger partial charge in [-0.2, -0.15) is 0 Å². The summed E-state index contributed by atoms with van der Waals surface area (Å²) in [5.74, 6) is -0.304. The maximum Gasteiger partial charge on any atom is 0.125 e. The standard InChI is InChI=1S/C10H8Br2FN3/c1-6(11)9-5-16(15-14-9)10-4-7(13)2-3-8(10)12/h2-6H,1H3. The van der Waals surface area contributed by atoms with E-state index in [-0.39, 0.29) is 10.6 Å². The number of halogens is 3. The Labute approximate surface area is 109 Å². The molecule has 1 aromatic heterocycles. The molecule has 2 aromatic rings. The molecule has 16 heavy (non-hydrogen) atoms. The van der Waals surface area contributed by atoms with Crippen molar-refractivity contribution >= 4 is 31.9 Å².